The number of carbonyl (C=O) groups excluding carboxylic acids is 3. The van der Waals surface area contributed by atoms with Gasteiger partial charge in [-0.2, -0.15) is 0 Å². The van der Waals surface area contributed by atoms with Crippen molar-refractivity contribution in [3.8, 4) is 0 Å². The fraction of sp³-hybridized carbons (Fsp3) is 0.435. The van der Waals surface area contributed by atoms with Gasteiger partial charge in [-0.25, -0.2) is 4.79 Å². The number of cyclic esters (lactones) is 1. The van der Waals surface area contributed by atoms with Gasteiger partial charge in [-0.05, 0) is 39.2 Å². The third kappa shape index (κ3) is 7.61. The fourth-order valence-corrected chi connectivity index (χ4v) is 3.31. The van der Waals surface area contributed by atoms with Gasteiger partial charge in [-0.3, -0.25) is 9.59 Å². The van der Waals surface area contributed by atoms with Gasteiger partial charge < -0.3 is 9.47 Å². The van der Waals surface area contributed by atoms with Crippen LogP contribution in [0, 0.1) is 0 Å². The van der Waals surface area contributed by atoms with Gasteiger partial charge in [0.2, 0.25) is 0 Å². The Labute approximate surface area is 166 Å². The van der Waals surface area contributed by atoms with Crippen molar-refractivity contribution < 1.29 is 23.9 Å². The maximum Gasteiger partial charge on any atom is 0.331 e. The molecule has 2 heterocycles. The molecule has 2 aliphatic rings. The molecule has 5 heteroatoms. The maximum absolute atomic E-state index is 12.1. The van der Waals surface area contributed by atoms with Crippen LogP contribution in [0.25, 0.3) is 0 Å². The van der Waals surface area contributed by atoms with E-state index in [1.807, 2.05) is 26.0 Å². The Morgan fingerprint density at radius 2 is 1.89 bits per heavy atom. The average molecular weight is 384 g/mol. The smallest absolute Gasteiger partial charge is 0.331 e. The van der Waals surface area contributed by atoms with Crippen LogP contribution in [0.15, 0.2) is 59.8 Å². The van der Waals surface area contributed by atoms with E-state index >= 15 is 0 Å². The zero-order valence-corrected chi connectivity index (χ0v) is 16.6. The van der Waals surface area contributed by atoms with Crippen molar-refractivity contribution in [2.24, 2.45) is 0 Å². The molecule has 0 aromatic carbocycles. The van der Waals surface area contributed by atoms with E-state index in [4.69, 9.17) is 9.47 Å². The van der Waals surface area contributed by atoms with Gasteiger partial charge in [-0.15, -0.1) is 0 Å². The number of hydrogen-bond acceptors (Lipinski definition) is 5. The molecule has 2 rings (SSSR count). The first-order valence-electron chi connectivity index (χ1n) is 9.54. The standard InChI is InChI=1S/C23H28O5/c1-16-6-4-9-23(26)28-22(15-24)14-18(3)13-21-12-17(2)11-20(27-21)8-5-7-19(25)10-16/h4-7,9,13,15,20-22H,2,8,10-12,14H2,1,3H3/b7-5-,9-4-,16-6-,18-13+/t20-,21-,22?/m1/s1. The predicted octanol–water partition coefficient (Wildman–Crippen LogP) is 3.96. The molecule has 0 saturated carbocycles. The minimum absolute atomic E-state index is 0.00575. The Kier molecular flexibility index (Phi) is 8.33. The molecule has 1 saturated heterocycles. The van der Waals surface area contributed by atoms with Crippen LogP contribution in [0.4, 0.5) is 0 Å². The fourth-order valence-electron chi connectivity index (χ4n) is 3.31. The third-order valence-corrected chi connectivity index (χ3v) is 4.56. The molecular weight excluding hydrogens is 356 g/mol. The molecule has 1 fully saturated rings. The van der Waals surface area contributed by atoms with Gasteiger partial charge in [0.05, 0.1) is 12.2 Å². The van der Waals surface area contributed by atoms with E-state index in [0.29, 0.717) is 19.1 Å². The molecule has 1 unspecified atom stereocenters. The predicted molar refractivity (Wildman–Crippen MR) is 108 cm³/mol. The van der Waals surface area contributed by atoms with E-state index in [-0.39, 0.29) is 24.4 Å². The second-order valence-electron chi connectivity index (χ2n) is 7.44. The number of fused-ring (bicyclic) bond motifs is 2. The lowest BCUT2D eigenvalue weighted by molar-refractivity contribution is -0.146. The average Bonchev–Trinajstić information content (AvgIpc) is 2.59. The minimum atomic E-state index is -0.843. The first-order valence-corrected chi connectivity index (χ1v) is 9.54. The van der Waals surface area contributed by atoms with E-state index < -0.39 is 12.1 Å². The summed E-state index contributed by atoms with van der Waals surface area (Å²) in [6.45, 7) is 7.81. The molecule has 0 N–H and O–H groups in total. The Hall–Kier alpha value is -2.53. The summed E-state index contributed by atoms with van der Waals surface area (Å²) in [7, 11) is 0. The molecule has 28 heavy (non-hydrogen) atoms. The summed E-state index contributed by atoms with van der Waals surface area (Å²) in [5, 5.41) is 0. The van der Waals surface area contributed by atoms with Crippen LogP contribution < -0.4 is 0 Å². The SMILES string of the molecule is C=C1C[C@H]2C/C=C\C(=O)C/C(C)=C\C=C/C(=O)OC(C=O)C/C(C)=C/[C@@H](C1)O2. The highest BCUT2D eigenvalue weighted by Crippen LogP contribution is 2.27. The number of hydrogen-bond donors (Lipinski definition) is 0. The van der Waals surface area contributed by atoms with Crippen LogP contribution in [0.1, 0.15) is 46.0 Å². The molecule has 0 spiro atoms. The summed E-state index contributed by atoms with van der Waals surface area (Å²) in [4.78, 5) is 35.3. The van der Waals surface area contributed by atoms with Crippen LogP contribution in [0.5, 0.6) is 0 Å². The zero-order chi connectivity index (χ0) is 20.5. The molecule has 0 aromatic rings. The van der Waals surface area contributed by atoms with Crippen molar-refractivity contribution in [1.82, 2.24) is 0 Å². The summed E-state index contributed by atoms with van der Waals surface area (Å²) in [6, 6.07) is 0. The van der Waals surface area contributed by atoms with Gasteiger partial charge in [0.1, 0.15) is 0 Å². The molecule has 0 aliphatic carbocycles. The molecule has 150 valence electrons. The Morgan fingerprint density at radius 3 is 2.64 bits per heavy atom. The molecule has 0 aromatic heterocycles. The number of esters is 1. The van der Waals surface area contributed by atoms with Crippen molar-refractivity contribution in [2.75, 3.05) is 0 Å². The highest BCUT2D eigenvalue weighted by molar-refractivity contribution is 5.91. The van der Waals surface area contributed by atoms with E-state index in [2.05, 4.69) is 6.58 Å². The second-order valence-corrected chi connectivity index (χ2v) is 7.44. The normalized spacial score (nSPS) is 33.9. The first-order chi connectivity index (χ1) is 13.4. The van der Waals surface area contributed by atoms with Gasteiger partial charge in [0.15, 0.2) is 18.2 Å². The minimum Gasteiger partial charge on any atom is -0.451 e. The summed E-state index contributed by atoms with van der Waals surface area (Å²) in [6.07, 6.45) is 12.2. The van der Waals surface area contributed by atoms with Crippen LogP contribution in [-0.2, 0) is 23.9 Å². The van der Waals surface area contributed by atoms with E-state index in [9.17, 15) is 14.4 Å². The molecule has 2 bridgehead atoms. The number of ether oxygens (including phenoxy) is 2. The van der Waals surface area contributed by atoms with Gasteiger partial charge >= 0.3 is 5.97 Å². The van der Waals surface area contributed by atoms with Crippen molar-refractivity contribution in [1.29, 1.82) is 0 Å². The topological polar surface area (TPSA) is 69.7 Å². The number of ketones is 1. The van der Waals surface area contributed by atoms with Crippen molar-refractivity contribution >= 4 is 18.0 Å². The Balaban J connectivity index is 2.22. The number of carbonyl (C=O) groups is 3. The summed E-state index contributed by atoms with van der Waals surface area (Å²) >= 11 is 0. The third-order valence-electron chi connectivity index (χ3n) is 4.56. The van der Waals surface area contributed by atoms with Crippen molar-refractivity contribution in [2.45, 2.75) is 64.3 Å². The number of aldehydes is 1. The van der Waals surface area contributed by atoms with Gasteiger partial charge in [0.25, 0.3) is 0 Å². The molecule has 2 aliphatic heterocycles. The summed E-state index contributed by atoms with van der Waals surface area (Å²) in [5.74, 6) is -0.600. The lowest BCUT2D eigenvalue weighted by Gasteiger charge is -2.30. The maximum atomic E-state index is 12.1. The summed E-state index contributed by atoms with van der Waals surface area (Å²) < 4.78 is 11.3. The van der Waals surface area contributed by atoms with E-state index in [1.165, 1.54) is 12.2 Å². The highest BCUT2D eigenvalue weighted by atomic mass is 16.5. The largest absolute Gasteiger partial charge is 0.451 e. The lowest BCUT2D eigenvalue weighted by atomic mass is 9.95. The van der Waals surface area contributed by atoms with Crippen LogP contribution in [0.2, 0.25) is 0 Å². The lowest BCUT2D eigenvalue weighted by Crippen LogP contribution is -2.27. The molecule has 5 nitrogen and oxygen atoms in total. The van der Waals surface area contributed by atoms with Crippen LogP contribution in [-0.4, -0.2) is 36.4 Å². The van der Waals surface area contributed by atoms with Gasteiger partial charge in [0, 0.05) is 18.9 Å². The van der Waals surface area contributed by atoms with E-state index in [1.54, 1.807) is 12.2 Å². The Morgan fingerprint density at radius 1 is 1.11 bits per heavy atom. The molecule has 0 amide bonds. The van der Waals surface area contributed by atoms with Crippen LogP contribution >= 0.6 is 0 Å². The number of rotatable bonds is 1. The molecular formula is C23H28O5. The monoisotopic (exact) mass is 384 g/mol. The quantitative estimate of drug-likeness (QED) is 0.389. The van der Waals surface area contributed by atoms with E-state index in [0.717, 1.165) is 29.6 Å². The Bertz CT molecular complexity index is 738. The number of allylic oxidation sites excluding steroid dienone is 4. The van der Waals surface area contributed by atoms with Gasteiger partial charge in [-0.1, -0.05) is 47.6 Å². The highest BCUT2D eigenvalue weighted by Gasteiger charge is 2.23. The van der Waals surface area contributed by atoms with Crippen molar-refractivity contribution in [3.05, 3.63) is 59.8 Å². The van der Waals surface area contributed by atoms with Crippen molar-refractivity contribution in [3.63, 3.8) is 0 Å². The van der Waals surface area contributed by atoms with Crippen LogP contribution in [0.3, 0.4) is 0 Å². The summed E-state index contributed by atoms with van der Waals surface area (Å²) in [5.41, 5.74) is 2.84. The zero-order valence-electron chi connectivity index (χ0n) is 16.6. The molecule has 3 atom stereocenters. The molecule has 0 radical (unpaired) electrons. The second kappa shape index (κ2) is 10.7. The first kappa shape index (κ1) is 21.8.